The van der Waals surface area contributed by atoms with Crippen molar-refractivity contribution in [3.63, 3.8) is 0 Å². The van der Waals surface area contributed by atoms with Crippen LogP contribution in [0.3, 0.4) is 0 Å². The SMILES string of the molecule is C1=NC=C2NCCN2C1.Cl. The number of hydrogen-bond donors (Lipinski definition) is 1. The number of fused-ring (bicyclic) bond motifs is 1. The maximum absolute atomic E-state index is 4.03. The normalized spacial score (nSPS) is 20.8. The summed E-state index contributed by atoms with van der Waals surface area (Å²) in [5, 5.41) is 3.23. The van der Waals surface area contributed by atoms with Crippen LogP contribution >= 0.6 is 12.4 Å². The molecular formula is C6H10ClN3. The summed E-state index contributed by atoms with van der Waals surface area (Å²) in [6, 6.07) is 0. The van der Waals surface area contributed by atoms with Crippen molar-refractivity contribution in [3.8, 4) is 0 Å². The first kappa shape index (κ1) is 7.41. The topological polar surface area (TPSA) is 27.6 Å². The Kier molecular flexibility index (Phi) is 2.17. The molecule has 0 amide bonds. The Bertz CT molecular complexity index is 176. The van der Waals surface area contributed by atoms with E-state index in [0.717, 1.165) is 19.6 Å². The summed E-state index contributed by atoms with van der Waals surface area (Å²) in [5.41, 5.74) is 0. The van der Waals surface area contributed by atoms with E-state index < -0.39 is 0 Å². The van der Waals surface area contributed by atoms with Gasteiger partial charge >= 0.3 is 0 Å². The van der Waals surface area contributed by atoms with Crippen molar-refractivity contribution < 1.29 is 0 Å². The zero-order chi connectivity index (χ0) is 6.10. The van der Waals surface area contributed by atoms with Gasteiger partial charge < -0.3 is 10.2 Å². The molecule has 0 bridgehead atoms. The van der Waals surface area contributed by atoms with Crippen LogP contribution in [0.2, 0.25) is 0 Å². The molecule has 56 valence electrons. The maximum atomic E-state index is 4.03. The number of nitrogens with zero attached hydrogens (tertiary/aromatic N) is 2. The highest BCUT2D eigenvalue weighted by molar-refractivity contribution is 5.85. The molecule has 0 aromatic heterocycles. The number of halogens is 1. The van der Waals surface area contributed by atoms with Crippen molar-refractivity contribution in [2.45, 2.75) is 0 Å². The van der Waals surface area contributed by atoms with E-state index in [2.05, 4.69) is 15.2 Å². The van der Waals surface area contributed by atoms with Gasteiger partial charge in [-0.25, -0.2) is 0 Å². The predicted molar refractivity (Wildman–Crippen MR) is 43.4 cm³/mol. The van der Waals surface area contributed by atoms with E-state index in [1.54, 1.807) is 0 Å². The zero-order valence-corrected chi connectivity index (χ0v) is 6.40. The predicted octanol–water partition coefficient (Wildman–Crippen LogP) is 0.197. The van der Waals surface area contributed by atoms with E-state index in [-0.39, 0.29) is 12.4 Å². The highest BCUT2D eigenvalue weighted by Gasteiger charge is 2.15. The van der Waals surface area contributed by atoms with Gasteiger partial charge in [0.25, 0.3) is 0 Å². The molecule has 1 fully saturated rings. The molecule has 2 heterocycles. The Morgan fingerprint density at radius 2 is 2.50 bits per heavy atom. The fourth-order valence-corrected chi connectivity index (χ4v) is 1.14. The second-order valence-electron chi connectivity index (χ2n) is 2.22. The molecule has 2 aliphatic heterocycles. The molecule has 0 radical (unpaired) electrons. The van der Waals surface area contributed by atoms with Gasteiger partial charge in [0.05, 0.1) is 12.7 Å². The first-order valence-corrected chi connectivity index (χ1v) is 3.17. The minimum Gasteiger partial charge on any atom is -0.369 e. The lowest BCUT2D eigenvalue weighted by Gasteiger charge is -2.17. The van der Waals surface area contributed by atoms with Crippen LogP contribution in [0.15, 0.2) is 17.0 Å². The summed E-state index contributed by atoms with van der Waals surface area (Å²) in [5.74, 6) is 1.18. The van der Waals surface area contributed by atoms with E-state index in [4.69, 9.17) is 0 Å². The quantitative estimate of drug-likeness (QED) is 0.547. The van der Waals surface area contributed by atoms with E-state index >= 15 is 0 Å². The summed E-state index contributed by atoms with van der Waals surface area (Å²) in [7, 11) is 0. The highest BCUT2D eigenvalue weighted by atomic mass is 35.5. The van der Waals surface area contributed by atoms with Crippen LogP contribution in [0.25, 0.3) is 0 Å². The Hall–Kier alpha value is -0.700. The Morgan fingerprint density at radius 1 is 1.60 bits per heavy atom. The van der Waals surface area contributed by atoms with Crippen LogP contribution in [0.5, 0.6) is 0 Å². The molecule has 0 aromatic rings. The molecule has 0 spiro atoms. The van der Waals surface area contributed by atoms with Crippen molar-refractivity contribution in [1.82, 2.24) is 10.2 Å². The van der Waals surface area contributed by atoms with Crippen LogP contribution in [-0.2, 0) is 0 Å². The average molecular weight is 160 g/mol. The molecule has 0 unspecified atom stereocenters. The van der Waals surface area contributed by atoms with E-state index in [9.17, 15) is 0 Å². The fourth-order valence-electron chi connectivity index (χ4n) is 1.14. The Labute approximate surface area is 66.2 Å². The van der Waals surface area contributed by atoms with Gasteiger partial charge in [-0.1, -0.05) is 0 Å². The van der Waals surface area contributed by atoms with Crippen LogP contribution in [-0.4, -0.2) is 30.7 Å². The van der Waals surface area contributed by atoms with Gasteiger partial charge in [0.15, 0.2) is 0 Å². The molecule has 10 heavy (non-hydrogen) atoms. The Balaban J connectivity index is 0.000000500. The van der Waals surface area contributed by atoms with Crippen LogP contribution in [0.1, 0.15) is 0 Å². The third-order valence-corrected chi connectivity index (χ3v) is 1.63. The lowest BCUT2D eigenvalue weighted by molar-refractivity contribution is 0.449. The zero-order valence-electron chi connectivity index (χ0n) is 5.58. The Morgan fingerprint density at radius 3 is 3.30 bits per heavy atom. The van der Waals surface area contributed by atoms with E-state index in [0.29, 0.717) is 0 Å². The van der Waals surface area contributed by atoms with Crippen molar-refractivity contribution in [2.24, 2.45) is 4.99 Å². The first-order chi connectivity index (χ1) is 4.47. The van der Waals surface area contributed by atoms with Gasteiger partial charge in [0.2, 0.25) is 0 Å². The standard InChI is InChI=1S/C6H9N3.ClH/c1-3-9-4-2-8-6(9)5-7-1;/h1,5,8H,2-4H2;1H. The first-order valence-electron chi connectivity index (χ1n) is 3.17. The van der Waals surface area contributed by atoms with Crippen molar-refractivity contribution in [2.75, 3.05) is 19.6 Å². The fraction of sp³-hybridized carbons (Fsp3) is 0.500. The van der Waals surface area contributed by atoms with Crippen LogP contribution in [0.4, 0.5) is 0 Å². The van der Waals surface area contributed by atoms with Crippen LogP contribution < -0.4 is 5.32 Å². The third kappa shape index (κ3) is 1.09. The lowest BCUT2D eigenvalue weighted by Crippen LogP contribution is -2.24. The smallest absolute Gasteiger partial charge is 0.121 e. The number of rotatable bonds is 0. The average Bonchev–Trinajstić information content (AvgIpc) is 2.33. The summed E-state index contributed by atoms with van der Waals surface area (Å²) >= 11 is 0. The molecule has 1 saturated heterocycles. The van der Waals surface area contributed by atoms with Gasteiger partial charge in [-0.3, -0.25) is 4.99 Å². The van der Waals surface area contributed by atoms with Gasteiger partial charge in [0, 0.05) is 19.3 Å². The molecule has 1 N–H and O–H groups in total. The third-order valence-electron chi connectivity index (χ3n) is 1.63. The molecule has 2 aliphatic rings. The van der Waals surface area contributed by atoms with Crippen molar-refractivity contribution >= 4 is 18.6 Å². The van der Waals surface area contributed by atoms with E-state index in [1.165, 1.54) is 5.82 Å². The molecule has 0 saturated carbocycles. The van der Waals surface area contributed by atoms with Gasteiger partial charge in [0.1, 0.15) is 5.82 Å². The molecular weight excluding hydrogens is 150 g/mol. The summed E-state index contributed by atoms with van der Waals surface area (Å²) in [6.07, 6.45) is 3.80. The van der Waals surface area contributed by atoms with Crippen molar-refractivity contribution in [1.29, 1.82) is 0 Å². The number of nitrogens with one attached hydrogen (secondary N) is 1. The largest absolute Gasteiger partial charge is 0.369 e. The van der Waals surface area contributed by atoms with E-state index in [1.807, 2.05) is 12.4 Å². The van der Waals surface area contributed by atoms with Crippen LogP contribution in [0, 0.1) is 0 Å². The molecule has 0 atom stereocenters. The minimum absolute atomic E-state index is 0. The number of hydrogen-bond acceptors (Lipinski definition) is 3. The number of aliphatic imine (C=N–C) groups is 1. The molecule has 4 heteroatoms. The minimum atomic E-state index is 0. The van der Waals surface area contributed by atoms with Gasteiger partial charge in [-0.05, 0) is 0 Å². The molecule has 3 nitrogen and oxygen atoms in total. The van der Waals surface area contributed by atoms with Gasteiger partial charge in [-0.2, -0.15) is 0 Å². The second kappa shape index (κ2) is 2.92. The second-order valence-corrected chi connectivity index (χ2v) is 2.22. The summed E-state index contributed by atoms with van der Waals surface area (Å²) < 4.78 is 0. The maximum Gasteiger partial charge on any atom is 0.121 e. The van der Waals surface area contributed by atoms with Crippen molar-refractivity contribution in [3.05, 3.63) is 12.0 Å². The highest BCUT2D eigenvalue weighted by Crippen LogP contribution is 2.07. The summed E-state index contributed by atoms with van der Waals surface area (Å²) in [4.78, 5) is 6.30. The summed E-state index contributed by atoms with van der Waals surface area (Å²) in [6.45, 7) is 3.16. The molecule has 2 rings (SSSR count). The molecule has 0 aliphatic carbocycles. The monoisotopic (exact) mass is 159 g/mol. The lowest BCUT2D eigenvalue weighted by atomic mass is 10.5. The van der Waals surface area contributed by atoms with Gasteiger partial charge in [-0.15, -0.1) is 12.4 Å². The molecule has 0 aromatic carbocycles.